The molecule has 15 heteroatoms. The average Bonchev–Trinajstić information content (AvgIpc) is 3.46. The quantitative estimate of drug-likeness (QED) is 0.0379. The first kappa shape index (κ1) is 32.9. The van der Waals surface area contributed by atoms with Crippen LogP contribution < -0.4 is 11.5 Å². The molecule has 5 rings (SSSR count). The van der Waals surface area contributed by atoms with Gasteiger partial charge < -0.3 is 31.0 Å². The van der Waals surface area contributed by atoms with E-state index in [1.165, 1.54) is 24.3 Å². The van der Waals surface area contributed by atoms with Crippen molar-refractivity contribution in [2.45, 2.75) is 25.5 Å². The summed E-state index contributed by atoms with van der Waals surface area (Å²) < 4.78 is 10.2. The molecule has 15 nitrogen and oxygen atoms in total. The molecule has 6 N–H and O–H groups in total. The van der Waals surface area contributed by atoms with Crippen LogP contribution in [0.5, 0.6) is 5.75 Å². The summed E-state index contributed by atoms with van der Waals surface area (Å²) >= 11 is 0. The lowest BCUT2D eigenvalue weighted by atomic mass is 10.0. The Hall–Kier alpha value is -6.51. The van der Waals surface area contributed by atoms with Gasteiger partial charge in [0, 0.05) is 28.4 Å². The van der Waals surface area contributed by atoms with E-state index in [4.69, 9.17) is 20.9 Å². The number of fused-ring (bicyclic) bond motifs is 3. The summed E-state index contributed by atoms with van der Waals surface area (Å²) in [5, 5.41) is 23.3. The molecular weight excluding hydrogens is 622 g/mol. The minimum atomic E-state index is -1.67. The normalized spacial score (nSPS) is 11.5. The Morgan fingerprint density at radius 1 is 1.04 bits per heavy atom. The number of phenols is 1. The summed E-state index contributed by atoms with van der Waals surface area (Å²) in [6, 6.07) is 19.7. The van der Waals surface area contributed by atoms with Crippen LogP contribution in [0.3, 0.4) is 0 Å². The molecule has 1 atom stereocenters. The number of hydrogen-bond acceptors (Lipinski definition) is 10. The van der Waals surface area contributed by atoms with Crippen molar-refractivity contribution in [2.75, 3.05) is 13.7 Å². The summed E-state index contributed by atoms with van der Waals surface area (Å²) in [5.41, 5.74) is 12.5. The lowest BCUT2D eigenvalue weighted by molar-refractivity contribution is -0.638. The predicted molar refractivity (Wildman–Crippen MR) is 175 cm³/mol. The van der Waals surface area contributed by atoms with E-state index in [0.717, 1.165) is 7.11 Å². The number of hydrazine groups is 1. The van der Waals surface area contributed by atoms with Crippen LogP contribution in [0.15, 0.2) is 83.9 Å². The Labute approximate surface area is 272 Å². The van der Waals surface area contributed by atoms with Crippen LogP contribution >= 0.6 is 0 Å². The van der Waals surface area contributed by atoms with Crippen LogP contribution in [0.4, 0.5) is 0 Å². The third kappa shape index (κ3) is 6.99. The second kappa shape index (κ2) is 14.3. The molecule has 0 aliphatic heterocycles. The fourth-order valence-electron chi connectivity index (χ4n) is 5.23. The molecule has 1 amide bonds. The molecule has 0 unspecified atom stereocenters. The molecule has 2 aromatic heterocycles. The number of phenolic OH excluding ortho intramolecular Hbond substituents is 1. The van der Waals surface area contributed by atoms with Gasteiger partial charge in [0.15, 0.2) is 17.0 Å². The van der Waals surface area contributed by atoms with E-state index in [2.05, 4.69) is 15.0 Å². The van der Waals surface area contributed by atoms with Gasteiger partial charge in [-0.2, -0.15) is 0 Å². The molecule has 0 aliphatic rings. The van der Waals surface area contributed by atoms with Gasteiger partial charge in [-0.05, 0) is 53.7 Å². The number of aromatic amines is 1. The summed E-state index contributed by atoms with van der Waals surface area (Å²) in [4.78, 5) is 64.1. The van der Waals surface area contributed by atoms with Crippen molar-refractivity contribution < 1.29 is 34.0 Å². The molecule has 0 bridgehead atoms. The third-order valence-electron chi connectivity index (χ3n) is 7.50. The van der Waals surface area contributed by atoms with Crippen LogP contribution in [0.25, 0.3) is 33.1 Å². The van der Waals surface area contributed by atoms with Crippen LogP contribution in [0, 0.1) is 10.1 Å². The number of guanidine groups is 1. The molecule has 0 spiro atoms. The highest BCUT2D eigenvalue weighted by Crippen LogP contribution is 2.35. The number of benzene rings is 3. The molecule has 0 aliphatic carbocycles. The second-order valence-corrected chi connectivity index (χ2v) is 10.6. The third-order valence-corrected chi connectivity index (χ3v) is 7.50. The smallest absolute Gasteiger partial charge is 0.341 e. The number of methoxy groups -OCH3 is 1. The van der Waals surface area contributed by atoms with Crippen molar-refractivity contribution >= 4 is 45.6 Å². The lowest BCUT2D eigenvalue weighted by Gasteiger charge is -2.22. The Morgan fingerprint density at radius 2 is 1.77 bits per heavy atom. The lowest BCUT2D eigenvalue weighted by Crippen LogP contribution is -2.49. The highest BCUT2D eigenvalue weighted by atomic mass is 16.7. The average molecular weight is 654 g/mol. The minimum Gasteiger partial charge on any atom is -0.507 e. The first-order valence-corrected chi connectivity index (χ1v) is 14.7. The number of amides is 1. The maximum absolute atomic E-state index is 14.1. The SMILES string of the molecule is COC(=O)c1cc(-c2nc(C(=O)N([C@@H](CCCN=C(N)N)C(=O)OCc3ccccc3)[N+](=O)[O-])cc3c2[nH]c2ccccc23)ccc1O. The molecule has 3 aromatic carbocycles. The van der Waals surface area contributed by atoms with E-state index in [1.807, 2.05) is 0 Å². The number of esters is 2. The van der Waals surface area contributed by atoms with Gasteiger partial charge in [-0.1, -0.05) is 48.5 Å². The number of ether oxygens (including phenoxy) is 2. The molecule has 246 valence electrons. The molecular formula is C33H31N7O8. The zero-order chi connectivity index (χ0) is 34.4. The van der Waals surface area contributed by atoms with Crippen molar-refractivity contribution in [2.24, 2.45) is 16.5 Å². The summed E-state index contributed by atoms with van der Waals surface area (Å²) in [7, 11) is 1.16. The van der Waals surface area contributed by atoms with Crippen LogP contribution in [-0.2, 0) is 20.9 Å². The van der Waals surface area contributed by atoms with E-state index < -0.39 is 28.9 Å². The first-order valence-electron chi connectivity index (χ1n) is 14.7. The number of aromatic hydroxyl groups is 1. The molecule has 0 saturated heterocycles. The summed E-state index contributed by atoms with van der Waals surface area (Å²) in [6.45, 7) is -0.144. The number of nitrogens with two attached hydrogens (primary N) is 2. The van der Waals surface area contributed by atoms with E-state index in [9.17, 15) is 29.6 Å². The van der Waals surface area contributed by atoms with Gasteiger partial charge in [0.25, 0.3) is 0 Å². The van der Waals surface area contributed by atoms with Crippen molar-refractivity contribution in [3.63, 3.8) is 0 Å². The van der Waals surface area contributed by atoms with Crippen molar-refractivity contribution in [1.29, 1.82) is 0 Å². The van der Waals surface area contributed by atoms with Gasteiger partial charge in [0.1, 0.15) is 23.6 Å². The maximum atomic E-state index is 14.1. The van der Waals surface area contributed by atoms with E-state index >= 15 is 0 Å². The van der Waals surface area contributed by atoms with Gasteiger partial charge in [-0.3, -0.25) is 9.79 Å². The summed E-state index contributed by atoms with van der Waals surface area (Å²) in [5.74, 6) is -3.56. The number of carbonyl (C=O) groups is 3. The number of pyridine rings is 1. The number of carbonyl (C=O) groups excluding carboxylic acids is 3. The van der Waals surface area contributed by atoms with Crippen LogP contribution in [0.2, 0.25) is 0 Å². The van der Waals surface area contributed by atoms with Crippen LogP contribution in [-0.4, -0.2) is 68.6 Å². The van der Waals surface area contributed by atoms with Gasteiger partial charge in [0.2, 0.25) is 0 Å². The van der Waals surface area contributed by atoms with Crippen molar-refractivity contribution in [3.8, 4) is 17.0 Å². The topological polar surface area (TPSA) is 229 Å². The van der Waals surface area contributed by atoms with Crippen LogP contribution in [0.1, 0.15) is 39.3 Å². The fraction of sp³-hybridized carbons (Fsp3) is 0.182. The molecule has 48 heavy (non-hydrogen) atoms. The highest BCUT2D eigenvalue weighted by Gasteiger charge is 2.41. The number of H-pyrrole nitrogens is 1. The first-order chi connectivity index (χ1) is 23.1. The number of nitrogens with one attached hydrogen (secondary N) is 1. The Bertz CT molecular complexity index is 2040. The number of hydrogen-bond donors (Lipinski definition) is 4. The second-order valence-electron chi connectivity index (χ2n) is 10.6. The molecule has 5 aromatic rings. The largest absolute Gasteiger partial charge is 0.507 e. The van der Waals surface area contributed by atoms with E-state index in [1.54, 1.807) is 54.6 Å². The number of nitrogens with zero attached hydrogens (tertiary/aromatic N) is 4. The van der Waals surface area contributed by atoms with Gasteiger partial charge in [0.05, 0.1) is 18.3 Å². The standard InChI is InChI=1S/C33H31N7O8/c1-47-31(43)23-16-20(13-14-27(23)41)28-29-22(21-10-5-6-11-24(21)37-29)17-25(38-28)30(42)39(40(45)46)26(12-7-15-36-33(34)35)32(44)48-18-19-8-3-2-4-9-19/h2-6,8-11,13-14,16-17,26,37,41H,7,12,15,18H2,1H3,(H4,34,35,36)/t26-/m0/s1. The minimum absolute atomic E-state index is 0.0393. The monoisotopic (exact) mass is 653 g/mol. The molecule has 2 heterocycles. The van der Waals surface area contributed by atoms with Gasteiger partial charge >= 0.3 is 17.8 Å². The fourth-order valence-corrected chi connectivity index (χ4v) is 5.23. The molecule has 0 saturated carbocycles. The number of aliphatic imine (C=N–C) groups is 1. The zero-order valence-corrected chi connectivity index (χ0v) is 25.7. The molecule has 0 radical (unpaired) electrons. The van der Waals surface area contributed by atoms with E-state index in [-0.39, 0.29) is 59.7 Å². The highest BCUT2D eigenvalue weighted by molar-refractivity contribution is 6.13. The summed E-state index contributed by atoms with van der Waals surface area (Å²) in [6.07, 6.45) is -0.107. The molecule has 0 fully saturated rings. The number of para-hydroxylation sites is 1. The van der Waals surface area contributed by atoms with Crippen molar-refractivity contribution in [1.82, 2.24) is 15.0 Å². The number of rotatable bonds is 12. The van der Waals surface area contributed by atoms with E-state index in [0.29, 0.717) is 32.9 Å². The Balaban J connectivity index is 1.61. The van der Waals surface area contributed by atoms with Crippen molar-refractivity contribution in [3.05, 3.63) is 106 Å². The van der Waals surface area contributed by atoms with Gasteiger partial charge in [-0.15, -0.1) is 0 Å². The Morgan fingerprint density at radius 3 is 2.48 bits per heavy atom. The zero-order valence-electron chi connectivity index (χ0n) is 25.7. The Kier molecular flexibility index (Phi) is 9.78. The predicted octanol–water partition coefficient (Wildman–Crippen LogP) is 3.67. The number of nitro groups is 1. The maximum Gasteiger partial charge on any atom is 0.341 e. The number of aromatic nitrogens is 2. The van der Waals surface area contributed by atoms with Gasteiger partial charge in [-0.25, -0.2) is 24.7 Å².